The lowest BCUT2D eigenvalue weighted by atomic mass is 10.1. The number of aromatic nitrogens is 2. The average molecular weight is 280 g/mol. The summed E-state index contributed by atoms with van der Waals surface area (Å²) >= 11 is 0. The van der Waals surface area contributed by atoms with Gasteiger partial charge in [-0.25, -0.2) is 0 Å². The van der Waals surface area contributed by atoms with Crippen LogP contribution in [0.4, 0.5) is 0 Å². The molecule has 0 aliphatic rings. The summed E-state index contributed by atoms with van der Waals surface area (Å²) in [5.74, 6) is 1.75. The summed E-state index contributed by atoms with van der Waals surface area (Å²) in [5, 5.41) is 2.23. The topological polar surface area (TPSA) is 55.0 Å². The minimum atomic E-state index is -0.204. The molecule has 1 N–H and O–H groups in total. The summed E-state index contributed by atoms with van der Waals surface area (Å²) in [6, 6.07) is 15.2. The Balaban J connectivity index is 1.96. The molecule has 106 valence electrons. The van der Waals surface area contributed by atoms with Gasteiger partial charge >= 0.3 is 0 Å². The van der Waals surface area contributed by atoms with E-state index in [4.69, 9.17) is 4.74 Å². The first-order valence-corrected chi connectivity index (χ1v) is 6.90. The van der Waals surface area contributed by atoms with E-state index in [1.165, 1.54) is 6.07 Å². The molecule has 4 nitrogen and oxygen atoms in total. The molecule has 0 saturated heterocycles. The van der Waals surface area contributed by atoms with Crippen LogP contribution in [0, 0.1) is 0 Å². The van der Waals surface area contributed by atoms with Crippen molar-refractivity contribution in [1.82, 2.24) is 9.97 Å². The van der Waals surface area contributed by atoms with Crippen molar-refractivity contribution < 1.29 is 4.74 Å². The van der Waals surface area contributed by atoms with Crippen LogP contribution in [0.5, 0.6) is 11.6 Å². The van der Waals surface area contributed by atoms with Crippen molar-refractivity contribution in [2.45, 2.75) is 19.8 Å². The molecule has 21 heavy (non-hydrogen) atoms. The van der Waals surface area contributed by atoms with Gasteiger partial charge in [-0.05, 0) is 22.9 Å². The highest BCUT2D eigenvalue weighted by atomic mass is 16.5. The predicted octanol–water partition coefficient (Wildman–Crippen LogP) is 3.84. The van der Waals surface area contributed by atoms with Crippen LogP contribution in [0.1, 0.15) is 25.6 Å². The normalized spacial score (nSPS) is 11.0. The molecule has 0 unspecified atom stereocenters. The quantitative estimate of drug-likeness (QED) is 0.793. The van der Waals surface area contributed by atoms with Gasteiger partial charge in [0, 0.05) is 5.92 Å². The molecule has 0 amide bonds. The first-order valence-electron chi connectivity index (χ1n) is 6.90. The highest BCUT2D eigenvalue weighted by Gasteiger charge is 2.07. The predicted molar refractivity (Wildman–Crippen MR) is 83.0 cm³/mol. The van der Waals surface area contributed by atoms with Gasteiger partial charge in [-0.3, -0.25) is 4.79 Å². The third kappa shape index (κ3) is 2.94. The maximum Gasteiger partial charge on any atom is 0.254 e. The smallest absolute Gasteiger partial charge is 0.254 e. The molecular formula is C17H16N2O2. The summed E-state index contributed by atoms with van der Waals surface area (Å²) in [5.41, 5.74) is -0.204. The Kier molecular flexibility index (Phi) is 3.44. The van der Waals surface area contributed by atoms with Gasteiger partial charge in [-0.2, -0.15) is 4.98 Å². The van der Waals surface area contributed by atoms with Crippen LogP contribution in [0.2, 0.25) is 0 Å². The van der Waals surface area contributed by atoms with Crippen LogP contribution in [0.15, 0.2) is 53.3 Å². The first kappa shape index (κ1) is 13.4. The van der Waals surface area contributed by atoms with Gasteiger partial charge in [0.15, 0.2) is 0 Å². The van der Waals surface area contributed by atoms with Gasteiger partial charge in [0.2, 0.25) is 5.88 Å². The third-order valence-corrected chi connectivity index (χ3v) is 3.23. The van der Waals surface area contributed by atoms with E-state index in [0.717, 1.165) is 10.8 Å². The Morgan fingerprint density at radius 3 is 2.57 bits per heavy atom. The standard InChI is InChI=1S/C17H16N2O2/c1-11(2)17-18-15(20)10-16(19-17)21-14-8-7-12-5-3-4-6-13(12)9-14/h3-11H,1-2H3,(H,18,19,20). The van der Waals surface area contributed by atoms with Crippen LogP contribution in [-0.4, -0.2) is 9.97 Å². The maximum absolute atomic E-state index is 11.6. The fourth-order valence-electron chi connectivity index (χ4n) is 2.13. The highest BCUT2D eigenvalue weighted by Crippen LogP contribution is 2.24. The third-order valence-electron chi connectivity index (χ3n) is 3.23. The van der Waals surface area contributed by atoms with Crippen molar-refractivity contribution in [3.63, 3.8) is 0 Å². The Bertz CT molecular complexity index is 837. The zero-order chi connectivity index (χ0) is 14.8. The number of hydrogen-bond donors (Lipinski definition) is 1. The van der Waals surface area contributed by atoms with Crippen LogP contribution >= 0.6 is 0 Å². The van der Waals surface area contributed by atoms with Crippen molar-refractivity contribution in [3.05, 3.63) is 64.7 Å². The largest absolute Gasteiger partial charge is 0.439 e. The molecule has 2 aromatic carbocycles. The Morgan fingerprint density at radius 1 is 1.05 bits per heavy atom. The van der Waals surface area contributed by atoms with E-state index in [2.05, 4.69) is 9.97 Å². The summed E-state index contributed by atoms with van der Waals surface area (Å²) in [7, 11) is 0. The monoisotopic (exact) mass is 280 g/mol. The lowest BCUT2D eigenvalue weighted by molar-refractivity contribution is 0.456. The molecule has 0 spiro atoms. The molecule has 0 aliphatic carbocycles. The molecule has 0 atom stereocenters. The van der Waals surface area contributed by atoms with Crippen molar-refractivity contribution in [1.29, 1.82) is 0 Å². The summed E-state index contributed by atoms with van der Waals surface area (Å²) in [4.78, 5) is 18.7. The van der Waals surface area contributed by atoms with Crippen molar-refractivity contribution in [2.24, 2.45) is 0 Å². The summed E-state index contributed by atoms with van der Waals surface area (Å²) in [6.45, 7) is 3.94. The lowest BCUT2D eigenvalue weighted by Crippen LogP contribution is -2.11. The van der Waals surface area contributed by atoms with Crippen LogP contribution in [0.25, 0.3) is 10.8 Å². The second kappa shape index (κ2) is 5.40. The number of hydrogen-bond acceptors (Lipinski definition) is 3. The van der Waals surface area contributed by atoms with E-state index in [-0.39, 0.29) is 11.5 Å². The highest BCUT2D eigenvalue weighted by molar-refractivity contribution is 5.83. The SMILES string of the molecule is CC(C)c1nc(Oc2ccc3ccccc3c2)cc(=O)[nH]1. The zero-order valence-corrected chi connectivity index (χ0v) is 12.0. The number of nitrogens with zero attached hydrogens (tertiary/aromatic N) is 1. The van der Waals surface area contributed by atoms with E-state index in [0.29, 0.717) is 17.5 Å². The van der Waals surface area contributed by atoms with Crippen LogP contribution in [0.3, 0.4) is 0 Å². The molecule has 1 heterocycles. The summed E-state index contributed by atoms with van der Waals surface area (Å²) < 4.78 is 5.73. The van der Waals surface area contributed by atoms with E-state index in [1.807, 2.05) is 56.3 Å². The molecular weight excluding hydrogens is 264 g/mol. The van der Waals surface area contributed by atoms with Crippen LogP contribution < -0.4 is 10.3 Å². The molecule has 3 aromatic rings. The lowest BCUT2D eigenvalue weighted by Gasteiger charge is -2.09. The number of ether oxygens (including phenoxy) is 1. The number of fused-ring (bicyclic) bond motifs is 1. The molecule has 4 heteroatoms. The number of H-pyrrole nitrogens is 1. The van der Waals surface area contributed by atoms with Crippen molar-refractivity contribution in [3.8, 4) is 11.6 Å². The minimum absolute atomic E-state index is 0.137. The second-order valence-electron chi connectivity index (χ2n) is 5.23. The number of rotatable bonds is 3. The van der Waals surface area contributed by atoms with Gasteiger partial charge in [-0.1, -0.05) is 44.2 Å². The molecule has 0 fully saturated rings. The van der Waals surface area contributed by atoms with Crippen molar-refractivity contribution >= 4 is 10.8 Å². The molecule has 0 aliphatic heterocycles. The molecule has 0 bridgehead atoms. The zero-order valence-electron chi connectivity index (χ0n) is 12.0. The molecule has 0 saturated carbocycles. The minimum Gasteiger partial charge on any atom is -0.439 e. The van der Waals surface area contributed by atoms with E-state index in [1.54, 1.807) is 0 Å². The van der Waals surface area contributed by atoms with Gasteiger partial charge in [0.25, 0.3) is 5.56 Å². The Labute approximate surface area is 122 Å². The fraction of sp³-hybridized carbons (Fsp3) is 0.176. The Morgan fingerprint density at radius 2 is 1.81 bits per heavy atom. The number of nitrogens with one attached hydrogen (secondary N) is 1. The van der Waals surface area contributed by atoms with Gasteiger partial charge in [0.1, 0.15) is 11.6 Å². The first-order chi connectivity index (χ1) is 10.1. The average Bonchev–Trinajstić information content (AvgIpc) is 2.46. The van der Waals surface area contributed by atoms with E-state index < -0.39 is 0 Å². The summed E-state index contributed by atoms with van der Waals surface area (Å²) in [6.07, 6.45) is 0. The number of benzene rings is 2. The molecule has 1 aromatic heterocycles. The molecule has 3 rings (SSSR count). The van der Waals surface area contributed by atoms with Gasteiger partial charge in [0.05, 0.1) is 6.07 Å². The Hall–Kier alpha value is -2.62. The molecule has 0 radical (unpaired) electrons. The van der Waals surface area contributed by atoms with E-state index in [9.17, 15) is 4.79 Å². The second-order valence-corrected chi connectivity index (χ2v) is 5.23. The maximum atomic E-state index is 11.6. The number of aromatic amines is 1. The van der Waals surface area contributed by atoms with E-state index >= 15 is 0 Å². The van der Waals surface area contributed by atoms with Gasteiger partial charge < -0.3 is 9.72 Å². The van der Waals surface area contributed by atoms with Gasteiger partial charge in [-0.15, -0.1) is 0 Å². The van der Waals surface area contributed by atoms with Crippen LogP contribution in [-0.2, 0) is 0 Å². The fourth-order valence-corrected chi connectivity index (χ4v) is 2.13. The van der Waals surface area contributed by atoms with Crippen molar-refractivity contribution in [2.75, 3.05) is 0 Å².